The van der Waals surface area contributed by atoms with Gasteiger partial charge in [-0.15, -0.1) is 0 Å². The summed E-state index contributed by atoms with van der Waals surface area (Å²) in [6.45, 7) is 0.368. The van der Waals surface area contributed by atoms with Crippen LogP contribution in [0.3, 0.4) is 0 Å². The van der Waals surface area contributed by atoms with E-state index in [0.29, 0.717) is 4.31 Å². The molecule has 3 amide bonds. The number of fused-ring (bicyclic) bond motifs is 1. The van der Waals surface area contributed by atoms with E-state index >= 15 is 0 Å². The standard InChI is InChI=1S/C20H20FN3O5S/c1-13(19(26)22-2)23(11-14-7-3-5-9-16(14)21)18(25)12-24-20(27)15-8-4-6-10-17(15)30(24,28)29/h3-10,13H,11-12H2,1-2H3,(H,22,26). The molecule has 0 saturated carbocycles. The second-order valence-electron chi connectivity index (χ2n) is 6.72. The Morgan fingerprint density at radius 1 is 1.13 bits per heavy atom. The van der Waals surface area contributed by atoms with Crippen molar-refractivity contribution in [3.05, 3.63) is 65.5 Å². The van der Waals surface area contributed by atoms with E-state index < -0.39 is 46.1 Å². The number of hydrogen-bond acceptors (Lipinski definition) is 5. The van der Waals surface area contributed by atoms with Gasteiger partial charge in [0.15, 0.2) is 0 Å². The summed E-state index contributed by atoms with van der Waals surface area (Å²) < 4.78 is 40.0. The second kappa shape index (κ2) is 8.23. The Hall–Kier alpha value is -3.27. The SMILES string of the molecule is CNC(=O)C(C)N(Cc1ccccc1F)C(=O)CN1C(=O)c2ccccc2S1(=O)=O. The Bertz CT molecular complexity index is 1120. The van der Waals surface area contributed by atoms with E-state index in [1.54, 1.807) is 6.07 Å². The monoisotopic (exact) mass is 433 g/mol. The van der Waals surface area contributed by atoms with Crippen LogP contribution in [0.5, 0.6) is 0 Å². The molecule has 1 aliphatic rings. The van der Waals surface area contributed by atoms with Crippen LogP contribution in [0.2, 0.25) is 0 Å². The summed E-state index contributed by atoms with van der Waals surface area (Å²) in [5, 5.41) is 2.41. The predicted octanol–water partition coefficient (Wildman–Crippen LogP) is 1.13. The first-order chi connectivity index (χ1) is 14.2. The molecule has 0 radical (unpaired) electrons. The molecule has 8 nitrogen and oxygen atoms in total. The van der Waals surface area contributed by atoms with E-state index in [1.807, 2.05) is 0 Å². The fraction of sp³-hybridized carbons (Fsp3) is 0.250. The van der Waals surface area contributed by atoms with Crippen molar-refractivity contribution >= 4 is 27.7 Å². The average molecular weight is 433 g/mol. The van der Waals surface area contributed by atoms with Crippen molar-refractivity contribution in [3.63, 3.8) is 0 Å². The van der Waals surface area contributed by atoms with Gasteiger partial charge in [-0.1, -0.05) is 30.3 Å². The Labute approximate surface area is 173 Å². The van der Waals surface area contributed by atoms with Crippen molar-refractivity contribution < 1.29 is 27.2 Å². The zero-order chi connectivity index (χ0) is 22.1. The Balaban J connectivity index is 1.91. The molecular formula is C20H20FN3O5S. The summed E-state index contributed by atoms with van der Waals surface area (Å²) in [7, 11) is -2.81. The molecule has 0 aliphatic carbocycles. The number of halogens is 1. The summed E-state index contributed by atoms with van der Waals surface area (Å²) in [4.78, 5) is 38.6. The summed E-state index contributed by atoms with van der Waals surface area (Å²) in [5.74, 6) is -2.72. The lowest BCUT2D eigenvalue weighted by molar-refractivity contribution is -0.140. The molecule has 10 heteroatoms. The molecule has 0 bridgehead atoms. The third-order valence-electron chi connectivity index (χ3n) is 4.90. The van der Waals surface area contributed by atoms with Crippen molar-refractivity contribution in [2.45, 2.75) is 24.4 Å². The first kappa shape index (κ1) is 21.4. The molecule has 1 unspecified atom stereocenters. The van der Waals surface area contributed by atoms with Crippen molar-refractivity contribution in [3.8, 4) is 0 Å². The van der Waals surface area contributed by atoms with Gasteiger partial charge in [-0.2, -0.15) is 0 Å². The molecule has 30 heavy (non-hydrogen) atoms. The number of sulfonamides is 1. The lowest BCUT2D eigenvalue weighted by Crippen LogP contribution is -2.50. The maximum Gasteiger partial charge on any atom is 0.269 e. The summed E-state index contributed by atoms with van der Waals surface area (Å²) in [6, 6.07) is 10.4. The minimum absolute atomic E-state index is 0.0229. The van der Waals surface area contributed by atoms with Crippen molar-refractivity contribution in [2.24, 2.45) is 0 Å². The lowest BCUT2D eigenvalue weighted by atomic mass is 10.1. The molecule has 1 atom stereocenters. The number of nitrogens with one attached hydrogen (secondary N) is 1. The molecule has 1 aliphatic heterocycles. The second-order valence-corrected chi connectivity index (χ2v) is 8.55. The topological polar surface area (TPSA) is 104 Å². The number of carbonyl (C=O) groups excluding carboxylic acids is 3. The highest BCUT2D eigenvalue weighted by Gasteiger charge is 2.43. The number of likely N-dealkylation sites (N-methyl/N-ethyl adjacent to an activating group) is 1. The summed E-state index contributed by atoms with van der Waals surface area (Å²) in [5.41, 5.74) is 0.130. The first-order valence-corrected chi connectivity index (χ1v) is 10.5. The molecule has 2 aromatic rings. The zero-order valence-corrected chi connectivity index (χ0v) is 17.1. The van der Waals surface area contributed by atoms with Gasteiger partial charge in [0, 0.05) is 19.2 Å². The highest BCUT2D eigenvalue weighted by Crippen LogP contribution is 2.30. The zero-order valence-electron chi connectivity index (χ0n) is 16.3. The van der Waals surface area contributed by atoms with Gasteiger partial charge < -0.3 is 10.2 Å². The van der Waals surface area contributed by atoms with Crippen LogP contribution in [-0.4, -0.2) is 55.0 Å². The average Bonchev–Trinajstić information content (AvgIpc) is 2.93. The minimum Gasteiger partial charge on any atom is -0.357 e. The van der Waals surface area contributed by atoms with Gasteiger partial charge in [0.25, 0.3) is 15.9 Å². The molecule has 1 N–H and O–H groups in total. The number of carbonyl (C=O) groups is 3. The maximum absolute atomic E-state index is 14.1. The van der Waals surface area contributed by atoms with Gasteiger partial charge in [0.2, 0.25) is 11.8 Å². The van der Waals surface area contributed by atoms with E-state index in [-0.39, 0.29) is 22.6 Å². The molecule has 0 spiro atoms. The molecule has 2 aromatic carbocycles. The predicted molar refractivity (Wildman–Crippen MR) is 105 cm³/mol. The van der Waals surface area contributed by atoms with Crippen LogP contribution in [0.25, 0.3) is 0 Å². The third kappa shape index (κ3) is 3.78. The highest BCUT2D eigenvalue weighted by molar-refractivity contribution is 7.90. The van der Waals surface area contributed by atoms with Crippen LogP contribution in [0.4, 0.5) is 4.39 Å². The van der Waals surface area contributed by atoms with E-state index in [4.69, 9.17) is 0 Å². The number of benzene rings is 2. The van der Waals surface area contributed by atoms with Crippen LogP contribution >= 0.6 is 0 Å². The Morgan fingerprint density at radius 3 is 2.40 bits per heavy atom. The largest absolute Gasteiger partial charge is 0.357 e. The van der Waals surface area contributed by atoms with Crippen LogP contribution in [0.15, 0.2) is 53.4 Å². The number of rotatable bonds is 6. The van der Waals surface area contributed by atoms with Crippen LogP contribution < -0.4 is 5.32 Å². The van der Waals surface area contributed by atoms with Crippen molar-refractivity contribution in [1.29, 1.82) is 0 Å². The van der Waals surface area contributed by atoms with Crippen LogP contribution in [-0.2, 0) is 26.2 Å². The Kier molecular flexibility index (Phi) is 5.88. The number of hydrogen-bond donors (Lipinski definition) is 1. The summed E-state index contributed by atoms with van der Waals surface area (Å²) in [6.07, 6.45) is 0. The number of amides is 3. The van der Waals surface area contributed by atoms with Crippen molar-refractivity contribution in [1.82, 2.24) is 14.5 Å². The van der Waals surface area contributed by atoms with E-state index in [9.17, 15) is 27.2 Å². The molecule has 0 fully saturated rings. The molecule has 0 aromatic heterocycles. The first-order valence-electron chi connectivity index (χ1n) is 9.09. The number of nitrogens with zero attached hydrogens (tertiary/aromatic N) is 2. The maximum atomic E-state index is 14.1. The molecule has 3 rings (SSSR count). The highest BCUT2D eigenvalue weighted by atomic mass is 32.2. The minimum atomic E-state index is -4.20. The van der Waals surface area contributed by atoms with Gasteiger partial charge in [0.05, 0.1) is 5.56 Å². The molecular weight excluding hydrogens is 413 g/mol. The quantitative estimate of drug-likeness (QED) is 0.736. The van der Waals surface area contributed by atoms with Gasteiger partial charge in [-0.25, -0.2) is 17.1 Å². The molecule has 158 valence electrons. The van der Waals surface area contributed by atoms with Gasteiger partial charge >= 0.3 is 0 Å². The van der Waals surface area contributed by atoms with E-state index in [2.05, 4.69) is 5.32 Å². The van der Waals surface area contributed by atoms with E-state index in [1.165, 1.54) is 56.4 Å². The van der Waals surface area contributed by atoms with Crippen LogP contribution in [0.1, 0.15) is 22.8 Å². The third-order valence-corrected chi connectivity index (χ3v) is 6.69. The van der Waals surface area contributed by atoms with Gasteiger partial charge in [-0.3, -0.25) is 14.4 Å². The van der Waals surface area contributed by atoms with E-state index in [0.717, 1.165) is 4.90 Å². The van der Waals surface area contributed by atoms with Crippen LogP contribution in [0, 0.1) is 5.82 Å². The van der Waals surface area contributed by atoms with Gasteiger partial charge in [0.1, 0.15) is 23.3 Å². The van der Waals surface area contributed by atoms with Gasteiger partial charge in [-0.05, 0) is 25.1 Å². The molecule has 1 heterocycles. The smallest absolute Gasteiger partial charge is 0.269 e. The van der Waals surface area contributed by atoms with Crippen molar-refractivity contribution in [2.75, 3.05) is 13.6 Å². The fourth-order valence-electron chi connectivity index (χ4n) is 3.20. The Morgan fingerprint density at radius 2 is 1.77 bits per heavy atom. The lowest BCUT2D eigenvalue weighted by Gasteiger charge is -2.29. The summed E-state index contributed by atoms with van der Waals surface area (Å²) >= 11 is 0. The molecule has 0 saturated heterocycles. The fourth-order valence-corrected chi connectivity index (χ4v) is 4.72. The normalized spacial score (nSPS) is 15.4.